The third-order valence-electron chi connectivity index (χ3n) is 7.46. The standard InChI is InChI=1S/C31H29N5O3/c37-26-18-25(19-35(20-26)30(38)39)34-28-27-16-17-36(29(27)33-21-32-28)31(22-10-4-1-5-11-22,23-12-6-2-7-13-23)24-14-8-3-9-15-24/h1-17,21,25-26,37H,18-20H2,(H,38,39)(H,32,33,34)/t25-,26+/m1/s1. The van der Waals surface area contributed by atoms with Crippen molar-refractivity contribution in [3.05, 3.63) is 126 Å². The molecule has 2 aromatic heterocycles. The van der Waals surface area contributed by atoms with Crippen molar-refractivity contribution in [1.82, 2.24) is 19.4 Å². The van der Waals surface area contributed by atoms with Gasteiger partial charge in [-0.25, -0.2) is 14.8 Å². The Balaban J connectivity index is 1.53. The molecule has 0 spiro atoms. The molecule has 3 aromatic carbocycles. The van der Waals surface area contributed by atoms with E-state index in [1.54, 1.807) is 0 Å². The average Bonchev–Trinajstić information content (AvgIpc) is 3.40. The number of nitrogens with zero attached hydrogens (tertiary/aromatic N) is 4. The zero-order valence-electron chi connectivity index (χ0n) is 21.3. The van der Waals surface area contributed by atoms with Crippen LogP contribution in [0.3, 0.4) is 0 Å². The van der Waals surface area contributed by atoms with E-state index in [0.29, 0.717) is 12.2 Å². The molecule has 196 valence electrons. The van der Waals surface area contributed by atoms with Crippen LogP contribution in [0.15, 0.2) is 110 Å². The highest BCUT2D eigenvalue weighted by atomic mass is 16.4. The summed E-state index contributed by atoms with van der Waals surface area (Å²) in [5, 5.41) is 24.0. The van der Waals surface area contributed by atoms with Gasteiger partial charge in [0.05, 0.1) is 18.0 Å². The van der Waals surface area contributed by atoms with Crippen LogP contribution in [0.5, 0.6) is 0 Å². The number of rotatable bonds is 6. The molecule has 1 fully saturated rings. The normalized spacial score (nSPS) is 17.7. The van der Waals surface area contributed by atoms with Gasteiger partial charge in [-0.15, -0.1) is 0 Å². The van der Waals surface area contributed by atoms with Crippen LogP contribution in [0, 0.1) is 0 Å². The molecule has 2 atom stereocenters. The maximum Gasteiger partial charge on any atom is 0.407 e. The van der Waals surface area contributed by atoms with E-state index in [1.165, 1.54) is 11.2 Å². The molecule has 1 amide bonds. The Morgan fingerprint density at radius 3 is 1.92 bits per heavy atom. The van der Waals surface area contributed by atoms with E-state index in [0.717, 1.165) is 27.7 Å². The van der Waals surface area contributed by atoms with Gasteiger partial charge in [0.2, 0.25) is 0 Å². The van der Waals surface area contributed by atoms with E-state index in [4.69, 9.17) is 4.98 Å². The van der Waals surface area contributed by atoms with Crippen LogP contribution < -0.4 is 5.32 Å². The molecule has 0 radical (unpaired) electrons. The number of fused-ring (bicyclic) bond motifs is 1. The summed E-state index contributed by atoms with van der Waals surface area (Å²) in [5.41, 5.74) is 3.26. The van der Waals surface area contributed by atoms with Gasteiger partial charge in [0.25, 0.3) is 0 Å². The van der Waals surface area contributed by atoms with Crippen LogP contribution in [-0.4, -0.2) is 61.0 Å². The maximum absolute atomic E-state index is 11.6. The van der Waals surface area contributed by atoms with E-state index in [9.17, 15) is 15.0 Å². The second kappa shape index (κ2) is 10.2. The van der Waals surface area contributed by atoms with Gasteiger partial charge in [-0.3, -0.25) is 0 Å². The van der Waals surface area contributed by atoms with Gasteiger partial charge < -0.3 is 25.0 Å². The predicted octanol–water partition coefficient (Wildman–Crippen LogP) is 4.80. The van der Waals surface area contributed by atoms with Crippen LogP contribution in [0.25, 0.3) is 11.0 Å². The molecule has 3 heterocycles. The molecule has 0 aliphatic carbocycles. The summed E-state index contributed by atoms with van der Waals surface area (Å²) in [4.78, 5) is 22.1. The Labute approximate surface area is 226 Å². The molecule has 3 N–H and O–H groups in total. The highest BCUT2D eigenvalue weighted by Gasteiger charge is 2.39. The number of nitrogens with one attached hydrogen (secondary N) is 1. The SMILES string of the molecule is O=C(O)N1C[C@@H](O)C[C@@H](Nc2ncnc3c2ccn3C(c2ccccc2)(c2ccccc2)c2ccccc2)C1. The lowest BCUT2D eigenvalue weighted by molar-refractivity contribution is 0.0607. The fourth-order valence-corrected chi connectivity index (χ4v) is 5.82. The van der Waals surface area contributed by atoms with Crippen LogP contribution in [0.1, 0.15) is 23.1 Å². The van der Waals surface area contributed by atoms with Crippen molar-refractivity contribution >= 4 is 22.9 Å². The lowest BCUT2D eigenvalue weighted by Gasteiger charge is -2.38. The second-order valence-electron chi connectivity index (χ2n) is 9.87. The monoisotopic (exact) mass is 519 g/mol. The molecule has 0 unspecified atom stereocenters. The predicted molar refractivity (Wildman–Crippen MR) is 150 cm³/mol. The van der Waals surface area contributed by atoms with Crippen molar-refractivity contribution in [1.29, 1.82) is 0 Å². The molecule has 1 aliphatic rings. The number of carboxylic acid groups (broad SMARTS) is 1. The summed E-state index contributed by atoms with van der Waals surface area (Å²) in [6, 6.07) is 32.9. The second-order valence-corrected chi connectivity index (χ2v) is 9.87. The first-order valence-electron chi connectivity index (χ1n) is 13.0. The fourth-order valence-electron chi connectivity index (χ4n) is 5.82. The molecule has 5 aromatic rings. The Hall–Kier alpha value is -4.69. The Morgan fingerprint density at radius 1 is 0.821 bits per heavy atom. The number of aromatic nitrogens is 3. The summed E-state index contributed by atoms with van der Waals surface area (Å²) >= 11 is 0. The number of benzene rings is 3. The van der Waals surface area contributed by atoms with Crippen molar-refractivity contribution in [2.45, 2.75) is 24.1 Å². The number of hydrogen-bond donors (Lipinski definition) is 3. The number of carbonyl (C=O) groups is 1. The van der Waals surface area contributed by atoms with Gasteiger partial charge >= 0.3 is 6.09 Å². The van der Waals surface area contributed by atoms with Crippen LogP contribution in [-0.2, 0) is 5.54 Å². The summed E-state index contributed by atoms with van der Waals surface area (Å²) in [6.45, 7) is 0.372. The van der Waals surface area contributed by atoms with Crippen molar-refractivity contribution in [3.63, 3.8) is 0 Å². The minimum atomic E-state index is -1.04. The minimum absolute atomic E-state index is 0.108. The highest BCUT2D eigenvalue weighted by Crippen LogP contribution is 2.43. The van der Waals surface area contributed by atoms with Gasteiger partial charge in [-0.1, -0.05) is 91.0 Å². The minimum Gasteiger partial charge on any atom is -0.465 e. The molecule has 1 saturated heterocycles. The van der Waals surface area contributed by atoms with Gasteiger partial charge in [0.1, 0.15) is 23.3 Å². The van der Waals surface area contributed by atoms with Crippen molar-refractivity contribution in [2.24, 2.45) is 0 Å². The van der Waals surface area contributed by atoms with E-state index in [-0.39, 0.29) is 19.1 Å². The number of aliphatic hydroxyl groups excluding tert-OH is 1. The number of anilines is 1. The molecule has 0 bridgehead atoms. The maximum atomic E-state index is 11.6. The molecule has 6 rings (SSSR count). The van der Waals surface area contributed by atoms with E-state index < -0.39 is 17.7 Å². The highest BCUT2D eigenvalue weighted by molar-refractivity contribution is 5.88. The summed E-state index contributed by atoms with van der Waals surface area (Å²) in [7, 11) is 0. The quantitative estimate of drug-likeness (QED) is 0.279. The number of piperidine rings is 1. The van der Waals surface area contributed by atoms with Crippen molar-refractivity contribution in [2.75, 3.05) is 18.4 Å². The summed E-state index contributed by atoms with van der Waals surface area (Å²) in [6.07, 6.45) is 2.21. The molecule has 0 saturated carbocycles. The largest absolute Gasteiger partial charge is 0.465 e. The number of hydrogen-bond acceptors (Lipinski definition) is 5. The third-order valence-corrected chi connectivity index (χ3v) is 7.46. The van der Waals surface area contributed by atoms with Gasteiger partial charge in [0, 0.05) is 18.8 Å². The Kier molecular flexibility index (Phi) is 6.46. The summed E-state index contributed by atoms with van der Waals surface area (Å²) < 4.78 is 2.19. The number of aliphatic hydroxyl groups is 1. The van der Waals surface area contributed by atoms with E-state index >= 15 is 0 Å². The molecule has 39 heavy (non-hydrogen) atoms. The van der Waals surface area contributed by atoms with Crippen LogP contribution in [0.2, 0.25) is 0 Å². The van der Waals surface area contributed by atoms with Gasteiger partial charge in [0.15, 0.2) is 0 Å². The molecule has 1 aliphatic heterocycles. The molecular formula is C31H29N5O3. The van der Waals surface area contributed by atoms with E-state index in [1.807, 2.05) is 66.9 Å². The molecular weight excluding hydrogens is 490 g/mol. The average molecular weight is 520 g/mol. The van der Waals surface area contributed by atoms with Gasteiger partial charge in [-0.05, 0) is 29.2 Å². The first-order chi connectivity index (χ1) is 19.1. The Bertz CT molecular complexity index is 1480. The number of likely N-dealkylation sites (tertiary alicyclic amines) is 1. The first kappa shape index (κ1) is 24.6. The lowest BCUT2D eigenvalue weighted by Crippen LogP contribution is -2.50. The number of β-amino-alcohol motifs (C(OH)–C–C–N with tert-alkyl or cyclic N) is 1. The van der Waals surface area contributed by atoms with Crippen LogP contribution in [0.4, 0.5) is 10.6 Å². The number of amides is 1. The van der Waals surface area contributed by atoms with E-state index in [2.05, 4.69) is 51.3 Å². The molecule has 8 nitrogen and oxygen atoms in total. The fraction of sp³-hybridized carbons (Fsp3) is 0.194. The molecule has 8 heteroatoms. The van der Waals surface area contributed by atoms with Crippen LogP contribution >= 0.6 is 0 Å². The summed E-state index contributed by atoms with van der Waals surface area (Å²) in [5.74, 6) is 0.603. The zero-order valence-corrected chi connectivity index (χ0v) is 21.3. The Morgan fingerprint density at radius 2 is 1.38 bits per heavy atom. The smallest absolute Gasteiger partial charge is 0.407 e. The lowest BCUT2D eigenvalue weighted by atomic mass is 9.76. The van der Waals surface area contributed by atoms with Crippen molar-refractivity contribution in [3.8, 4) is 0 Å². The van der Waals surface area contributed by atoms with Gasteiger partial charge in [-0.2, -0.15) is 0 Å². The zero-order chi connectivity index (χ0) is 26.8. The first-order valence-corrected chi connectivity index (χ1v) is 13.0. The van der Waals surface area contributed by atoms with Crippen molar-refractivity contribution < 1.29 is 15.0 Å². The topological polar surface area (TPSA) is 104 Å². The third kappa shape index (κ3) is 4.38.